The highest BCUT2D eigenvalue weighted by Crippen LogP contribution is 2.40. The van der Waals surface area contributed by atoms with Gasteiger partial charge in [0, 0.05) is 25.0 Å². The predicted molar refractivity (Wildman–Crippen MR) is 84.7 cm³/mol. The van der Waals surface area contributed by atoms with Crippen molar-refractivity contribution in [3.05, 3.63) is 35.9 Å². The first-order chi connectivity index (χ1) is 10.0. The summed E-state index contributed by atoms with van der Waals surface area (Å²) in [5.74, 6) is 1.28. The van der Waals surface area contributed by atoms with Gasteiger partial charge in [-0.2, -0.15) is 0 Å². The molecule has 1 aliphatic heterocycles. The predicted octanol–water partition coefficient (Wildman–Crippen LogP) is 1.80. The Morgan fingerprint density at radius 2 is 1.86 bits per heavy atom. The van der Waals surface area contributed by atoms with Gasteiger partial charge < -0.3 is 5.32 Å². The minimum Gasteiger partial charge on any atom is -0.313 e. The Hall–Kier alpha value is -0.910. The molecule has 1 N–H and O–H groups in total. The van der Waals surface area contributed by atoms with Gasteiger partial charge >= 0.3 is 0 Å². The highest BCUT2D eigenvalue weighted by atomic mass is 32.2. The SMILES string of the molecule is CS(=O)(=O)N1CCC(CN[C@@H]2C[C@H]2c2ccccc2)CC1. The van der Waals surface area contributed by atoms with Crippen LogP contribution in [-0.4, -0.2) is 44.7 Å². The van der Waals surface area contributed by atoms with Gasteiger partial charge in [0.25, 0.3) is 0 Å². The largest absolute Gasteiger partial charge is 0.313 e. The van der Waals surface area contributed by atoms with Crippen LogP contribution in [0.15, 0.2) is 30.3 Å². The molecule has 0 amide bonds. The summed E-state index contributed by atoms with van der Waals surface area (Å²) >= 11 is 0. The molecule has 1 aliphatic carbocycles. The number of nitrogens with zero attached hydrogens (tertiary/aromatic N) is 1. The number of hydrogen-bond donors (Lipinski definition) is 1. The first-order valence-electron chi connectivity index (χ1n) is 7.77. The van der Waals surface area contributed by atoms with E-state index < -0.39 is 10.0 Å². The molecule has 0 spiro atoms. The van der Waals surface area contributed by atoms with Gasteiger partial charge in [-0.1, -0.05) is 30.3 Å². The second-order valence-electron chi connectivity index (χ2n) is 6.37. The highest BCUT2D eigenvalue weighted by molar-refractivity contribution is 7.88. The van der Waals surface area contributed by atoms with Crippen molar-refractivity contribution in [2.24, 2.45) is 5.92 Å². The smallest absolute Gasteiger partial charge is 0.211 e. The van der Waals surface area contributed by atoms with Crippen molar-refractivity contribution in [3.8, 4) is 0 Å². The van der Waals surface area contributed by atoms with Crippen molar-refractivity contribution in [2.45, 2.75) is 31.2 Å². The normalized spacial score (nSPS) is 27.7. The van der Waals surface area contributed by atoms with Crippen molar-refractivity contribution in [1.29, 1.82) is 0 Å². The fourth-order valence-electron chi connectivity index (χ4n) is 3.25. The molecule has 2 atom stereocenters. The molecule has 1 aromatic carbocycles. The molecule has 0 unspecified atom stereocenters. The molecular formula is C16H24N2O2S. The third kappa shape index (κ3) is 3.84. The van der Waals surface area contributed by atoms with E-state index in [2.05, 4.69) is 35.6 Å². The maximum absolute atomic E-state index is 11.5. The van der Waals surface area contributed by atoms with Crippen molar-refractivity contribution in [3.63, 3.8) is 0 Å². The molecule has 2 fully saturated rings. The summed E-state index contributed by atoms with van der Waals surface area (Å²) in [6.07, 6.45) is 4.48. The molecule has 5 heteroatoms. The fraction of sp³-hybridized carbons (Fsp3) is 0.625. The number of sulfonamides is 1. The van der Waals surface area contributed by atoms with E-state index in [0.29, 0.717) is 31.0 Å². The van der Waals surface area contributed by atoms with E-state index in [0.717, 1.165) is 19.4 Å². The number of nitrogens with one attached hydrogen (secondary N) is 1. The van der Waals surface area contributed by atoms with Crippen molar-refractivity contribution < 1.29 is 8.42 Å². The zero-order chi connectivity index (χ0) is 14.9. The third-order valence-electron chi connectivity index (χ3n) is 4.73. The van der Waals surface area contributed by atoms with Crippen LogP contribution in [-0.2, 0) is 10.0 Å². The van der Waals surface area contributed by atoms with Gasteiger partial charge in [0.15, 0.2) is 0 Å². The highest BCUT2D eigenvalue weighted by Gasteiger charge is 2.38. The number of hydrogen-bond acceptors (Lipinski definition) is 3. The minimum atomic E-state index is -3.00. The molecule has 1 saturated heterocycles. The number of benzene rings is 1. The summed E-state index contributed by atoms with van der Waals surface area (Å²) in [4.78, 5) is 0. The molecule has 1 heterocycles. The zero-order valence-electron chi connectivity index (χ0n) is 12.5. The van der Waals surface area contributed by atoms with Crippen molar-refractivity contribution in [2.75, 3.05) is 25.9 Å². The Kier molecular flexibility index (Phi) is 4.33. The van der Waals surface area contributed by atoms with E-state index >= 15 is 0 Å². The summed E-state index contributed by atoms with van der Waals surface area (Å²) < 4.78 is 24.6. The monoisotopic (exact) mass is 308 g/mol. The van der Waals surface area contributed by atoms with Gasteiger partial charge in [-0.3, -0.25) is 0 Å². The Morgan fingerprint density at radius 3 is 2.48 bits per heavy atom. The molecule has 2 aliphatic rings. The summed E-state index contributed by atoms with van der Waals surface area (Å²) in [5, 5.41) is 3.66. The Morgan fingerprint density at radius 1 is 1.19 bits per heavy atom. The molecule has 1 saturated carbocycles. The minimum absolute atomic E-state index is 0.611. The van der Waals surface area contributed by atoms with Crippen molar-refractivity contribution in [1.82, 2.24) is 9.62 Å². The van der Waals surface area contributed by atoms with Crippen molar-refractivity contribution >= 4 is 10.0 Å². The Labute approximate surface area is 127 Å². The number of rotatable bonds is 5. The van der Waals surface area contributed by atoms with Crippen LogP contribution in [0, 0.1) is 5.92 Å². The molecule has 1 aromatic rings. The van der Waals surface area contributed by atoms with Crippen LogP contribution >= 0.6 is 0 Å². The zero-order valence-corrected chi connectivity index (χ0v) is 13.3. The maximum atomic E-state index is 11.5. The quantitative estimate of drug-likeness (QED) is 0.902. The molecule has 0 bridgehead atoms. The summed E-state index contributed by atoms with van der Waals surface area (Å²) in [6.45, 7) is 2.38. The summed E-state index contributed by atoms with van der Waals surface area (Å²) in [7, 11) is -3.00. The van der Waals surface area contributed by atoms with Gasteiger partial charge in [0.05, 0.1) is 6.26 Å². The lowest BCUT2D eigenvalue weighted by atomic mass is 9.98. The molecule has 21 heavy (non-hydrogen) atoms. The first kappa shape index (κ1) is 15.0. The van der Waals surface area contributed by atoms with Crippen LogP contribution in [0.25, 0.3) is 0 Å². The van der Waals surface area contributed by atoms with Gasteiger partial charge in [-0.15, -0.1) is 0 Å². The number of piperidine rings is 1. The lowest BCUT2D eigenvalue weighted by Crippen LogP contribution is -2.40. The van der Waals surface area contributed by atoms with Gasteiger partial charge in [0.1, 0.15) is 0 Å². The van der Waals surface area contributed by atoms with Crippen LogP contribution in [0.5, 0.6) is 0 Å². The Bertz CT molecular complexity index is 565. The van der Waals surface area contributed by atoms with Gasteiger partial charge in [0.2, 0.25) is 10.0 Å². The molecule has 0 radical (unpaired) electrons. The van der Waals surface area contributed by atoms with Crippen LogP contribution in [0.3, 0.4) is 0 Å². The molecular weight excluding hydrogens is 284 g/mol. The molecule has 116 valence electrons. The van der Waals surface area contributed by atoms with Crippen LogP contribution in [0.1, 0.15) is 30.7 Å². The van der Waals surface area contributed by atoms with E-state index in [-0.39, 0.29) is 0 Å². The third-order valence-corrected chi connectivity index (χ3v) is 6.03. The van der Waals surface area contributed by atoms with Gasteiger partial charge in [-0.05, 0) is 37.3 Å². The van der Waals surface area contributed by atoms with E-state index in [1.54, 1.807) is 4.31 Å². The lowest BCUT2D eigenvalue weighted by molar-refractivity contribution is 0.268. The second kappa shape index (κ2) is 6.07. The second-order valence-corrected chi connectivity index (χ2v) is 8.36. The van der Waals surface area contributed by atoms with Crippen LogP contribution < -0.4 is 5.32 Å². The van der Waals surface area contributed by atoms with Gasteiger partial charge in [-0.25, -0.2) is 12.7 Å². The standard InChI is InChI=1S/C16H24N2O2S/c1-21(19,20)18-9-7-13(8-10-18)12-17-16-11-15(16)14-5-3-2-4-6-14/h2-6,13,15-17H,7-12H2,1H3/t15-,16+/m0/s1. The van der Waals surface area contributed by atoms with E-state index in [4.69, 9.17) is 0 Å². The van der Waals surface area contributed by atoms with E-state index in [1.807, 2.05) is 0 Å². The summed E-state index contributed by atoms with van der Waals surface area (Å²) in [5.41, 5.74) is 1.43. The topological polar surface area (TPSA) is 49.4 Å². The fourth-order valence-corrected chi connectivity index (χ4v) is 4.13. The molecule has 0 aromatic heterocycles. The van der Waals surface area contributed by atoms with Crippen LogP contribution in [0.2, 0.25) is 0 Å². The van der Waals surface area contributed by atoms with E-state index in [9.17, 15) is 8.42 Å². The Balaban J connectivity index is 1.40. The maximum Gasteiger partial charge on any atom is 0.211 e. The van der Waals surface area contributed by atoms with Crippen LogP contribution in [0.4, 0.5) is 0 Å². The molecule has 3 rings (SSSR count). The lowest BCUT2D eigenvalue weighted by Gasteiger charge is -2.30. The first-order valence-corrected chi connectivity index (χ1v) is 9.62. The molecule has 4 nitrogen and oxygen atoms in total. The average Bonchev–Trinajstić information content (AvgIpc) is 3.25. The average molecular weight is 308 g/mol. The van der Waals surface area contributed by atoms with E-state index in [1.165, 1.54) is 18.2 Å². The summed E-state index contributed by atoms with van der Waals surface area (Å²) in [6, 6.07) is 11.3.